The maximum atomic E-state index is 13.3. The molecule has 1 atom stereocenters. The average Bonchev–Trinajstić information content (AvgIpc) is 3.37. The molecule has 10 nitrogen and oxygen atoms in total. The monoisotopic (exact) mass is 505 g/mol. The first-order chi connectivity index (χ1) is 18.1. The minimum Gasteiger partial charge on any atom is -0.495 e. The molecule has 2 fully saturated rings. The minimum absolute atomic E-state index is 0.162. The number of piperidine rings is 1. The van der Waals surface area contributed by atoms with Gasteiger partial charge in [0.2, 0.25) is 5.91 Å². The number of aromatic amines is 1. The van der Waals surface area contributed by atoms with Crippen LogP contribution in [0.2, 0.25) is 0 Å². The van der Waals surface area contributed by atoms with Crippen molar-refractivity contribution in [3.63, 3.8) is 0 Å². The van der Waals surface area contributed by atoms with Crippen molar-refractivity contribution in [1.82, 2.24) is 19.8 Å². The predicted octanol–water partition coefficient (Wildman–Crippen LogP) is 3.04. The van der Waals surface area contributed by atoms with Crippen molar-refractivity contribution < 1.29 is 14.3 Å². The van der Waals surface area contributed by atoms with Crippen LogP contribution in [-0.4, -0.2) is 84.8 Å². The van der Waals surface area contributed by atoms with Crippen molar-refractivity contribution in [2.75, 3.05) is 63.7 Å². The Morgan fingerprint density at radius 3 is 2.78 bits per heavy atom. The van der Waals surface area contributed by atoms with Gasteiger partial charge in [0, 0.05) is 51.0 Å². The van der Waals surface area contributed by atoms with Crippen LogP contribution in [0.4, 0.5) is 11.5 Å². The third-order valence-corrected chi connectivity index (χ3v) is 7.46. The van der Waals surface area contributed by atoms with Gasteiger partial charge < -0.3 is 30.0 Å². The molecule has 3 aliphatic rings. The highest BCUT2D eigenvalue weighted by Gasteiger charge is 2.31. The molecule has 1 amide bonds. The molecule has 3 N–H and O–H groups in total. The Morgan fingerprint density at radius 2 is 2.08 bits per heavy atom. The molecule has 5 rings (SSSR count). The summed E-state index contributed by atoms with van der Waals surface area (Å²) in [6, 6.07) is 4.65. The highest BCUT2D eigenvalue weighted by Crippen LogP contribution is 2.31. The van der Waals surface area contributed by atoms with Crippen LogP contribution < -0.4 is 10.6 Å². The number of nitrogens with one attached hydrogen (secondary N) is 3. The molecule has 1 aliphatic carbocycles. The summed E-state index contributed by atoms with van der Waals surface area (Å²) in [5, 5.41) is 16.9. The molecular weight excluding hydrogens is 470 g/mol. The zero-order chi connectivity index (χ0) is 25.8. The second-order valence-electron chi connectivity index (χ2n) is 9.65. The zero-order valence-corrected chi connectivity index (χ0v) is 21.5. The van der Waals surface area contributed by atoms with Crippen molar-refractivity contribution in [2.24, 2.45) is 5.92 Å². The Morgan fingerprint density at radius 1 is 1.30 bits per heavy atom. The summed E-state index contributed by atoms with van der Waals surface area (Å²) in [6.45, 7) is 7.90. The molecule has 37 heavy (non-hydrogen) atoms. The largest absolute Gasteiger partial charge is 0.495 e. The highest BCUT2D eigenvalue weighted by molar-refractivity contribution is 5.96. The van der Waals surface area contributed by atoms with Gasteiger partial charge in [-0.05, 0) is 32.3 Å². The van der Waals surface area contributed by atoms with E-state index in [1.807, 2.05) is 30.0 Å². The average molecular weight is 506 g/mol. The van der Waals surface area contributed by atoms with Gasteiger partial charge in [0.25, 0.3) is 0 Å². The van der Waals surface area contributed by atoms with E-state index >= 15 is 0 Å². The number of hydrogen-bond acceptors (Lipinski definition) is 8. The topological polar surface area (TPSA) is 119 Å². The molecule has 1 unspecified atom stereocenters. The summed E-state index contributed by atoms with van der Waals surface area (Å²) < 4.78 is 11.2. The molecule has 4 heterocycles. The second-order valence-corrected chi connectivity index (χ2v) is 9.65. The maximum Gasteiger partial charge on any atom is 0.229 e. The minimum atomic E-state index is -0.241. The van der Waals surface area contributed by atoms with Crippen molar-refractivity contribution in [1.29, 1.82) is 5.26 Å². The number of allylic oxidation sites excluding steroid dienone is 1. The Hall–Kier alpha value is -3.55. The van der Waals surface area contributed by atoms with Crippen LogP contribution in [0.3, 0.4) is 0 Å². The Bertz CT molecular complexity index is 1230. The second kappa shape index (κ2) is 11.2. The van der Waals surface area contributed by atoms with Crippen molar-refractivity contribution >= 4 is 28.4 Å². The fraction of sp³-hybridized carbons (Fsp3) is 0.519. The van der Waals surface area contributed by atoms with E-state index in [-0.39, 0.29) is 11.8 Å². The number of nitrogens with zero attached hydrogens (tertiary/aromatic N) is 4. The van der Waals surface area contributed by atoms with Gasteiger partial charge in [-0.25, -0.2) is 4.98 Å². The Kier molecular flexibility index (Phi) is 7.63. The van der Waals surface area contributed by atoms with E-state index in [0.717, 1.165) is 69.0 Å². The van der Waals surface area contributed by atoms with Gasteiger partial charge in [-0.3, -0.25) is 9.69 Å². The summed E-state index contributed by atoms with van der Waals surface area (Å²) in [5.41, 5.74) is 2.79. The number of nitriles is 1. The first-order valence-corrected chi connectivity index (χ1v) is 13.1. The molecule has 0 bridgehead atoms. The summed E-state index contributed by atoms with van der Waals surface area (Å²) in [4.78, 5) is 25.6. The van der Waals surface area contributed by atoms with E-state index in [9.17, 15) is 10.1 Å². The first-order valence-electron chi connectivity index (χ1n) is 13.1. The van der Waals surface area contributed by atoms with Crippen LogP contribution in [-0.2, 0) is 14.3 Å². The van der Waals surface area contributed by atoms with Gasteiger partial charge in [0.1, 0.15) is 23.3 Å². The van der Waals surface area contributed by atoms with E-state index in [2.05, 4.69) is 31.6 Å². The summed E-state index contributed by atoms with van der Waals surface area (Å²) in [7, 11) is 1.62. The standard InChI is InChI=1S/C27H35N7O3/c1-3-29-22-15-24(32-26-25(22)19(16-28)17-30-26)31-21-5-4-18(14-23(21)36-2)27(35)34-8-6-20(7-9-34)33-10-12-37-13-11-33/h5,14-15,17-18,20H,3-4,6-13H2,1-2H3,(H3,29,30,31,32). The number of carbonyl (C=O) groups is 1. The van der Waals surface area contributed by atoms with Gasteiger partial charge in [0.05, 0.1) is 48.6 Å². The number of morpholine rings is 1. The molecule has 196 valence electrons. The lowest BCUT2D eigenvalue weighted by Gasteiger charge is -2.40. The SMILES string of the molecule is CCNc1cc(NC2=CCC(C(=O)N3CCC(N4CCOCC4)CC3)C=C2OC)nc2[nH]cc(C#N)c12. The van der Waals surface area contributed by atoms with Gasteiger partial charge in [-0.2, -0.15) is 5.26 Å². The smallest absolute Gasteiger partial charge is 0.229 e. The van der Waals surface area contributed by atoms with Crippen LogP contribution in [0.1, 0.15) is 31.7 Å². The number of amides is 1. The molecule has 0 spiro atoms. The molecule has 2 aliphatic heterocycles. The maximum absolute atomic E-state index is 13.3. The molecule has 2 saturated heterocycles. The zero-order valence-electron chi connectivity index (χ0n) is 21.5. The number of likely N-dealkylation sites (tertiary alicyclic amines) is 1. The van der Waals surface area contributed by atoms with Gasteiger partial charge in [-0.1, -0.05) is 6.08 Å². The van der Waals surface area contributed by atoms with Crippen LogP contribution in [0.15, 0.2) is 35.9 Å². The number of pyridine rings is 1. The number of carbonyl (C=O) groups excluding carboxylic acids is 1. The van der Waals surface area contributed by atoms with E-state index < -0.39 is 0 Å². The summed E-state index contributed by atoms with van der Waals surface area (Å²) in [5.74, 6) is 1.17. The van der Waals surface area contributed by atoms with Gasteiger partial charge in [0.15, 0.2) is 0 Å². The molecule has 0 saturated carbocycles. The quantitative estimate of drug-likeness (QED) is 0.526. The number of anilines is 2. The van der Waals surface area contributed by atoms with Gasteiger partial charge >= 0.3 is 0 Å². The molecule has 0 aromatic carbocycles. The van der Waals surface area contributed by atoms with Crippen LogP contribution in [0.25, 0.3) is 11.0 Å². The van der Waals surface area contributed by atoms with Crippen LogP contribution >= 0.6 is 0 Å². The molecular formula is C27H35N7O3. The molecule has 0 radical (unpaired) electrons. The van der Waals surface area contributed by atoms with Crippen molar-refractivity contribution in [2.45, 2.75) is 32.2 Å². The van der Waals surface area contributed by atoms with E-state index in [0.29, 0.717) is 41.8 Å². The number of fused-ring (bicyclic) bond motifs is 1. The summed E-state index contributed by atoms with van der Waals surface area (Å²) >= 11 is 0. The lowest BCUT2D eigenvalue weighted by Crippen LogP contribution is -2.50. The normalized spacial score (nSPS) is 21.2. The van der Waals surface area contributed by atoms with Gasteiger partial charge in [-0.15, -0.1) is 0 Å². The van der Waals surface area contributed by atoms with E-state index in [1.165, 1.54) is 0 Å². The van der Waals surface area contributed by atoms with Crippen molar-refractivity contribution in [3.05, 3.63) is 41.4 Å². The lowest BCUT2D eigenvalue weighted by atomic mass is 9.94. The molecule has 10 heteroatoms. The van der Waals surface area contributed by atoms with Crippen molar-refractivity contribution in [3.8, 4) is 6.07 Å². The van der Waals surface area contributed by atoms with E-state index in [4.69, 9.17) is 9.47 Å². The van der Waals surface area contributed by atoms with Crippen LogP contribution in [0.5, 0.6) is 0 Å². The Labute approximate surface area is 217 Å². The molecule has 2 aromatic rings. The predicted molar refractivity (Wildman–Crippen MR) is 142 cm³/mol. The Balaban J connectivity index is 1.25. The lowest BCUT2D eigenvalue weighted by molar-refractivity contribution is -0.135. The number of ether oxygens (including phenoxy) is 2. The number of rotatable bonds is 7. The number of aromatic nitrogens is 2. The number of methoxy groups -OCH3 is 1. The number of H-pyrrole nitrogens is 1. The first kappa shape index (κ1) is 25.1. The summed E-state index contributed by atoms with van der Waals surface area (Å²) in [6.07, 6.45) is 8.22. The fourth-order valence-corrected chi connectivity index (χ4v) is 5.53. The third-order valence-electron chi connectivity index (χ3n) is 7.46. The van der Waals surface area contributed by atoms with E-state index in [1.54, 1.807) is 13.3 Å². The molecule has 2 aromatic heterocycles. The highest BCUT2D eigenvalue weighted by atomic mass is 16.5. The van der Waals surface area contributed by atoms with Crippen LogP contribution in [0, 0.1) is 17.2 Å². The number of hydrogen-bond donors (Lipinski definition) is 3. The fourth-order valence-electron chi connectivity index (χ4n) is 5.53. The third kappa shape index (κ3) is 5.29.